The zero-order valence-corrected chi connectivity index (χ0v) is 19.8. The normalized spacial score (nSPS) is 16.3. The first-order valence-corrected chi connectivity index (χ1v) is 9.70. The van der Waals surface area contributed by atoms with Crippen molar-refractivity contribution in [2.24, 2.45) is 0 Å². The topological polar surface area (TPSA) is 149 Å². The van der Waals surface area contributed by atoms with Crippen molar-refractivity contribution in [3.63, 3.8) is 0 Å². The molecule has 0 aliphatic carbocycles. The fourth-order valence-corrected chi connectivity index (χ4v) is 3.51. The van der Waals surface area contributed by atoms with Gasteiger partial charge in [-0.1, -0.05) is 0 Å². The Morgan fingerprint density at radius 2 is 2.07 bits per heavy atom. The van der Waals surface area contributed by atoms with Crippen LogP contribution in [0.25, 0.3) is 10.9 Å². The summed E-state index contributed by atoms with van der Waals surface area (Å²) in [4.78, 5) is 38.6. The first kappa shape index (κ1) is 23.5. The molecule has 0 aromatic carbocycles. The Hall–Kier alpha value is -0.804. The molecule has 28 heavy (non-hydrogen) atoms. The molecule has 0 saturated carbocycles. The zero-order chi connectivity index (χ0) is 19.8. The van der Waals surface area contributed by atoms with Crippen molar-refractivity contribution >= 4 is 24.4 Å². The van der Waals surface area contributed by atoms with Gasteiger partial charge in [-0.2, -0.15) is 5.26 Å². The standard InChI is InChI=1S/C16H19N4O6P.K.H/c1-16(25-2)3-5-20(6-4-16)14-10-7-13(26-27(22,23)24)18-9-12(10)19-15(21)11(14)8-17;;/h7,9H,3-6H2,1-2H3,(H,19,21)(H2,22,23,24);;/q;+1;-1. The van der Waals surface area contributed by atoms with Crippen molar-refractivity contribution in [3.8, 4) is 11.9 Å². The molecule has 3 rings (SSSR count). The van der Waals surface area contributed by atoms with Crippen molar-refractivity contribution in [3.05, 3.63) is 28.2 Å². The van der Waals surface area contributed by atoms with E-state index in [0.717, 1.165) is 0 Å². The third-order valence-corrected chi connectivity index (χ3v) is 5.23. The van der Waals surface area contributed by atoms with E-state index < -0.39 is 13.4 Å². The van der Waals surface area contributed by atoms with Crippen LogP contribution in [0.5, 0.6) is 5.88 Å². The van der Waals surface area contributed by atoms with E-state index >= 15 is 0 Å². The third kappa shape index (κ3) is 5.02. The smallest absolute Gasteiger partial charge is 1.00 e. The van der Waals surface area contributed by atoms with Crippen LogP contribution in [0.4, 0.5) is 5.69 Å². The van der Waals surface area contributed by atoms with Gasteiger partial charge in [0.25, 0.3) is 5.56 Å². The number of nitriles is 1. The largest absolute Gasteiger partial charge is 1.00 e. The molecular weight excluding hydrogens is 414 g/mol. The van der Waals surface area contributed by atoms with Crippen LogP contribution in [0.15, 0.2) is 17.1 Å². The zero-order valence-electron chi connectivity index (χ0n) is 16.8. The Kier molecular flexibility index (Phi) is 7.47. The van der Waals surface area contributed by atoms with Crippen molar-refractivity contribution in [2.45, 2.75) is 25.4 Å². The van der Waals surface area contributed by atoms with E-state index in [2.05, 4.69) is 14.5 Å². The molecule has 3 heterocycles. The molecule has 0 bridgehead atoms. The van der Waals surface area contributed by atoms with Crippen LogP contribution >= 0.6 is 7.82 Å². The number of aromatic amines is 1. The molecule has 10 nitrogen and oxygen atoms in total. The molecule has 0 radical (unpaired) electrons. The first-order chi connectivity index (χ1) is 12.7. The number of H-pyrrole nitrogens is 1. The van der Waals surface area contributed by atoms with Gasteiger partial charge < -0.3 is 20.6 Å². The quantitative estimate of drug-likeness (QED) is 0.382. The summed E-state index contributed by atoms with van der Waals surface area (Å²) in [5.74, 6) is -0.299. The minimum atomic E-state index is -4.79. The van der Waals surface area contributed by atoms with Crippen LogP contribution in [0.3, 0.4) is 0 Å². The fraction of sp³-hybridized carbons (Fsp3) is 0.438. The summed E-state index contributed by atoms with van der Waals surface area (Å²) in [6.45, 7) is 3.10. The molecule has 146 valence electrons. The molecule has 1 aliphatic rings. The van der Waals surface area contributed by atoms with Gasteiger partial charge in [-0.15, -0.1) is 0 Å². The van der Waals surface area contributed by atoms with E-state index in [1.165, 1.54) is 12.3 Å². The number of anilines is 1. The number of methoxy groups -OCH3 is 1. The molecule has 3 N–H and O–H groups in total. The maximum atomic E-state index is 12.3. The Balaban J connectivity index is 0.00000210. The summed E-state index contributed by atoms with van der Waals surface area (Å²) in [5, 5.41) is 9.92. The van der Waals surface area contributed by atoms with Crippen LogP contribution in [-0.2, 0) is 9.30 Å². The molecule has 0 atom stereocenters. The van der Waals surface area contributed by atoms with Crippen molar-refractivity contribution in [1.82, 2.24) is 9.97 Å². The Morgan fingerprint density at radius 1 is 1.43 bits per heavy atom. The molecule has 0 amide bonds. The minimum absolute atomic E-state index is 0. The number of aromatic nitrogens is 2. The summed E-state index contributed by atoms with van der Waals surface area (Å²) in [6.07, 6.45) is 2.63. The monoisotopic (exact) mass is 434 g/mol. The summed E-state index contributed by atoms with van der Waals surface area (Å²) < 4.78 is 21.2. The number of pyridine rings is 2. The van der Waals surface area contributed by atoms with E-state index in [1.807, 2.05) is 17.9 Å². The molecule has 0 unspecified atom stereocenters. The molecule has 1 saturated heterocycles. The Bertz CT molecular complexity index is 1030. The second-order valence-corrected chi connectivity index (χ2v) is 7.74. The van der Waals surface area contributed by atoms with Gasteiger partial charge in [0.05, 0.1) is 23.0 Å². The van der Waals surface area contributed by atoms with E-state index in [1.54, 1.807) is 7.11 Å². The molecule has 1 aliphatic heterocycles. The SMILES string of the molecule is COC1(C)CCN(c2c(C#N)c(=O)[nH]c3cnc(OP(=O)(O)O)cc23)CC1.[H-].[K+]. The van der Waals surface area contributed by atoms with Gasteiger partial charge in [-0.3, -0.25) is 14.6 Å². The molecular formula is C16H20KN4O6P. The van der Waals surface area contributed by atoms with E-state index in [9.17, 15) is 14.6 Å². The van der Waals surface area contributed by atoms with Crippen LogP contribution in [0.1, 0.15) is 26.8 Å². The fourth-order valence-electron chi connectivity index (χ4n) is 3.17. The maximum absolute atomic E-state index is 12.3. The van der Waals surface area contributed by atoms with Crippen LogP contribution in [-0.4, -0.2) is 45.6 Å². The van der Waals surface area contributed by atoms with Crippen LogP contribution in [0, 0.1) is 11.3 Å². The Labute approximate surface area is 205 Å². The number of phosphoric acid groups is 1. The van der Waals surface area contributed by atoms with Crippen molar-refractivity contribution < 1.29 is 76.4 Å². The second kappa shape index (κ2) is 8.91. The second-order valence-electron chi connectivity index (χ2n) is 6.58. The van der Waals surface area contributed by atoms with E-state index in [-0.39, 0.29) is 69.9 Å². The minimum Gasteiger partial charge on any atom is -1.00 e. The number of nitrogens with zero attached hydrogens (tertiary/aromatic N) is 3. The molecule has 12 heteroatoms. The number of phosphoric ester groups is 1. The van der Waals surface area contributed by atoms with Gasteiger partial charge in [-0.05, 0) is 19.8 Å². The average Bonchev–Trinajstić information content (AvgIpc) is 2.60. The number of rotatable bonds is 4. The molecule has 2 aromatic heterocycles. The van der Waals surface area contributed by atoms with Gasteiger partial charge in [0, 0.05) is 31.7 Å². The number of nitrogens with one attached hydrogen (secondary N) is 1. The van der Waals surface area contributed by atoms with Gasteiger partial charge in [0.2, 0.25) is 5.88 Å². The predicted octanol–water partition coefficient (Wildman–Crippen LogP) is -1.61. The number of fused-ring (bicyclic) bond motifs is 1. The van der Waals surface area contributed by atoms with Gasteiger partial charge in [0.1, 0.15) is 11.6 Å². The molecule has 2 aromatic rings. The summed E-state index contributed by atoms with van der Waals surface area (Å²) >= 11 is 0. The van der Waals surface area contributed by atoms with Crippen molar-refractivity contribution in [1.29, 1.82) is 5.26 Å². The first-order valence-electron chi connectivity index (χ1n) is 8.17. The summed E-state index contributed by atoms with van der Waals surface area (Å²) in [5.41, 5.74) is -0.168. The number of ether oxygens (including phenoxy) is 1. The third-order valence-electron chi connectivity index (χ3n) is 4.80. The van der Waals surface area contributed by atoms with E-state index in [0.29, 0.717) is 42.5 Å². The van der Waals surface area contributed by atoms with E-state index in [4.69, 9.17) is 14.5 Å². The summed E-state index contributed by atoms with van der Waals surface area (Å²) in [6, 6.07) is 3.23. The number of piperidine rings is 1. The molecule has 0 spiro atoms. The van der Waals surface area contributed by atoms with Crippen molar-refractivity contribution in [2.75, 3.05) is 25.1 Å². The number of hydrogen-bond donors (Lipinski definition) is 3. The molecule has 1 fully saturated rings. The van der Waals surface area contributed by atoms with Gasteiger partial charge in [-0.25, -0.2) is 9.55 Å². The predicted molar refractivity (Wildman–Crippen MR) is 97.7 cm³/mol. The maximum Gasteiger partial charge on any atom is 1.00 e. The summed E-state index contributed by atoms with van der Waals surface area (Å²) in [7, 11) is -3.14. The Morgan fingerprint density at radius 3 is 2.61 bits per heavy atom. The van der Waals surface area contributed by atoms with Crippen LogP contribution in [0.2, 0.25) is 0 Å². The average molecular weight is 434 g/mol. The van der Waals surface area contributed by atoms with Gasteiger partial charge >= 0.3 is 59.2 Å². The number of hydrogen-bond acceptors (Lipinski definition) is 7. The van der Waals surface area contributed by atoms with Crippen LogP contribution < -0.4 is 66.4 Å². The van der Waals surface area contributed by atoms with Gasteiger partial charge in [0.15, 0.2) is 0 Å².